The van der Waals surface area contributed by atoms with Crippen molar-refractivity contribution in [1.29, 1.82) is 0 Å². The van der Waals surface area contributed by atoms with Crippen LogP contribution in [0.4, 0.5) is 0 Å². The lowest BCUT2D eigenvalue weighted by molar-refractivity contribution is -0.128. The van der Waals surface area contributed by atoms with Crippen LogP contribution in [0.15, 0.2) is 84.9 Å². The monoisotopic (exact) mass is 416 g/mol. The van der Waals surface area contributed by atoms with Gasteiger partial charge in [-0.25, -0.2) is 0 Å². The van der Waals surface area contributed by atoms with E-state index in [9.17, 15) is 9.59 Å². The van der Waals surface area contributed by atoms with Gasteiger partial charge in [0, 0.05) is 25.7 Å². The molecule has 0 N–H and O–H groups in total. The van der Waals surface area contributed by atoms with Gasteiger partial charge in [-0.05, 0) is 28.8 Å². The van der Waals surface area contributed by atoms with Gasteiger partial charge in [-0.15, -0.1) is 11.8 Å². The first-order chi connectivity index (χ1) is 14.6. The van der Waals surface area contributed by atoms with E-state index in [0.29, 0.717) is 24.4 Å². The van der Waals surface area contributed by atoms with Crippen LogP contribution in [0.25, 0.3) is 0 Å². The maximum Gasteiger partial charge on any atom is 0.253 e. The third-order valence-corrected chi connectivity index (χ3v) is 6.47. The van der Waals surface area contributed by atoms with Gasteiger partial charge in [0.15, 0.2) is 0 Å². The Morgan fingerprint density at radius 1 is 0.933 bits per heavy atom. The minimum Gasteiger partial charge on any atom is -0.337 e. The highest BCUT2D eigenvalue weighted by Gasteiger charge is 2.32. The van der Waals surface area contributed by atoms with E-state index >= 15 is 0 Å². The Labute approximate surface area is 181 Å². The van der Waals surface area contributed by atoms with E-state index in [-0.39, 0.29) is 17.2 Å². The fourth-order valence-corrected chi connectivity index (χ4v) is 4.81. The van der Waals surface area contributed by atoms with E-state index in [0.717, 1.165) is 16.7 Å². The molecule has 0 bridgehead atoms. The lowest BCUT2D eigenvalue weighted by Gasteiger charge is -2.24. The summed E-state index contributed by atoms with van der Waals surface area (Å²) in [5.74, 6) is 0.621. The normalized spacial score (nSPS) is 16.0. The Morgan fingerprint density at radius 3 is 2.17 bits per heavy atom. The van der Waals surface area contributed by atoms with Crippen molar-refractivity contribution in [1.82, 2.24) is 9.80 Å². The summed E-state index contributed by atoms with van der Waals surface area (Å²) in [6, 6.07) is 27.7. The zero-order valence-electron chi connectivity index (χ0n) is 16.9. The summed E-state index contributed by atoms with van der Waals surface area (Å²) in [4.78, 5) is 28.9. The number of hydrogen-bond donors (Lipinski definition) is 0. The molecule has 0 radical (unpaired) electrons. The van der Waals surface area contributed by atoms with Gasteiger partial charge in [0.1, 0.15) is 5.37 Å². The van der Waals surface area contributed by atoms with E-state index in [1.807, 2.05) is 96.9 Å². The largest absolute Gasteiger partial charge is 0.337 e. The number of thioether (sulfide) groups is 1. The molecule has 0 aliphatic carbocycles. The Hall–Kier alpha value is -3.05. The molecule has 0 aromatic heterocycles. The third kappa shape index (κ3) is 4.57. The van der Waals surface area contributed by atoms with E-state index in [1.54, 1.807) is 16.7 Å². The van der Waals surface area contributed by atoms with Crippen LogP contribution in [0.1, 0.15) is 32.4 Å². The smallest absolute Gasteiger partial charge is 0.253 e. The lowest BCUT2D eigenvalue weighted by atomic mass is 10.1. The second-order valence-electron chi connectivity index (χ2n) is 7.44. The van der Waals surface area contributed by atoms with Gasteiger partial charge in [-0.3, -0.25) is 9.59 Å². The summed E-state index contributed by atoms with van der Waals surface area (Å²) < 4.78 is 0. The zero-order chi connectivity index (χ0) is 20.9. The molecule has 0 saturated carbocycles. The van der Waals surface area contributed by atoms with Crippen molar-refractivity contribution in [3.63, 3.8) is 0 Å². The minimum absolute atomic E-state index is 0.0123. The molecular weight excluding hydrogens is 392 g/mol. The number of carbonyl (C=O) groups excluding carboxylic acids is 2. The molecule has 30 heavy (non-hydrogen) atoms. The number of benzene rings is 3. The fourth-order valence-electron chi connectivity index (χ4n) is 3.62. The number of carbonyl (C=O) groups is 2. The molecular formula is C25H24N2O2S. The van der Waals surface area contributed by atoms with Gasteiger partial charge in [0.05, 0.1) is 5.75 Å². The Bertz CT molecular complexity index is 1010. The van der Waals surface area contributed by atoms with E-state index in [4.69, 9.17) is 0 Å². The average molecular weight is 417 g/mol. The fraction of sp³-hybridized carbons (Fsp3) is 0.200. The van der Waals surface area contributed by atoms with Crippen LogP contribution in [0, 0.1) is 0 Å². The van der Waals surface area contributed by atoms with Crippen molar-refractivity contribution in [2.75, 3.05) is 12.8 Å². The van der Waals surface area contributed by atoms with E-state index in [2.05, 4.69) is 0 Å². The molecule has 1 atom stereocenters. The van der Waals surface area contributed by atoms with Crippen LogP contribution < -0.4 is 0 Å². The summed E-state index contributed by atoms with van der Waals surface area (Å²) in [5.41, 5.74) is 3.92. The first kappa shape index (κ1) is 20.2. The van der Waals surface area contributed by atoms with Gasteiger partial charge in [-0.1, -0.05) is 72.8 Å². The van der Waals surface area contributed by atoms with Crippen LogP contribution in [-0.4, -0.2) is 34.4 Å². The van der Waals surface area contributed by atoms with Crippen LogP contribution in [-0.2, 0) is 17.9 Å². The predicted molar refractivity (Wildman–Crippen MR) is 121 cm³/mol. The molecule has 0 spiro atoms. The second-order valence-corrected chi connectivity index (χ2v) is 8.51. The van der Waals surface area contributed by atoms with E-state index < -0.39 is 0 Å². The Kier molecular flexibility index (Phi) is 6.19. The Morgan fingerprint density at radius 2 is 1.53 bits per heavy atom. The van der Waals surface area contributed by atoms with Gasteiger partial charge < -0.3 is 9.80 Å². The van der Waals surface area contributed by atoms with E-state index in [1.165, 1.54) is 0 Å². The van der Waals surface area contributed by atoms with Crippen LogP contribution in [0.3, 0.4) is 0 Å². The highest BCUT2D eigenvalue weighted by atomic mass is 32.2. The van der Waals surface area contributed by atoms with Crippen molar-refractivity contribution in [3.05, 3.63) is 107 Å². The minimum atomic E-state index is -0.0242. The summed E-state index contributed by atoms with van der Waals surface area (Å²) in [6.45, 7) is 1.16. The van der Waals surface area contributed by atoms with Crippen molar-refractivity contribution in [2.24, 2.45) is 0 Å². The maximum atomic E-state index is 12.8. The number of nitrogens with zero attached hydrogens (tertiary/aromatic N) is 2. The molecule has 4 rings (SSSR count). The highest BCUT2D eigenvalue weighted by molar-refractivity contribution is 8.00. The summed E-state index contributed by atoms with van der Waals surface area (Å²) in [5, 5.41) is -0.0242. The molecule has 3 aromatic rings. The van der Waals surface area contributed by atoms with Gasteiger partial charge in [0.25, 0.3) is 5.91 Å². The number of rotatable bonds is 6. The van der Waals surface area contributed by atoms with Crippen LogP contribution in [0.5, 0.6) is 0 Å². The van der Waals surface area contributed by atoms with Crippen molar-refractivity contribution in [3.8, 4) is 0 Å². The van der Waals surface area contributed by atoms with Crippen molar-refractivity contribution in [2.45, 2.75) is 18.5 Å². The van der Waals surface area contributed by atoms with Crippen LogP contribution >= 0.6 is 11.8 Å². The van der Waals surface area contributed by atoms with Gasteiger partial charge in [0.2, 0.25) is 5.91 Å². The molecule has 1 unspecified atom stereocenters. The standard InChI is InChI=1S/C25H24N2O2S/c1-26(16-19-8-4-2-5-9-19)24(29)21-12-14-22(15-13-21)25-27(23(28)18-30-25)17-20-10-6-3-7-11-20/h2-15,25H,16-18H2,1H3. The third-order valence-electron chi connectivity index (χ3n) is 5.22. The molecule has 5 heteroatoms. The average Bonchev–Trinajstić information content (AvgIpc) is 3.15. The molecule has 1 saturated heterocycles. The summed E-state index contributed by atoms with van der Waals surface area (Å²) >= 11 is 1.63. The quantitative estimate of drug-likeness (QED) is 0.583. The zero-order valence-corrected chi connectivity index (χ0v) is 17.7. The van der Waals surface area contributed by atoms with Gasteiger partial charge >= 0.3 is 0 Å². The summed E-state index contributed by atoms with van der Waals surface area (Å²) in [7, 11) is 1.82. The second kappa shape index (κ2) is 9.18. The predicted octanol–water partition coefficient (Wildman–Crippen LogP) is 4.73. The number of hydrogen-bond acceptors (Lipinski definition) is 3. The lowest BCUT2D eigenvalue weighted by Crippen LogP contribution is -2.28. The van der Waals surface area contributed by atoms with Crippen molar-refractivity contribution >= 4 is 23.6 Å². The topological polar surface area (TPSA) is 40.6 Å². The summed E-state index contributed by atoms with van der Waals surface area (Å²) in [6.07, 6.45) is 0. The SMILES string of the molecule is CN(Cc1ccccc1)C(=O)c1ccc(C2SCC(=O)N2Cc2ccccc2)cc1. The molecule has 1 aliphatic heterocycles. The molecule has 1 fully saturated rings. The molecule has 1 heterocycles. The van der Waals surface area contributed by atoms with Gasteiger partial charge in [-0.2, -0.15) is 0 Å². The molecule has 152 valence electrons. The first-order valence-corrected chi connectivity index (χ1v) is 11.0. The Balaban J connectivity index is 1.45. The number of amides is 2. The highest BCUT2D eigenvalue weighted by Crippen LogP contribution is 2.39. The van der Waals surface area contributed by atoms with Crippen LogP contribution in [0.2, 0.25) is 0 Å². The molecule has 1 aliphatic rings. The first-order valence-electron chi connectivity index (χ1n) is 9.96. The maximum absolute atomic E-state index is 12.8. The molecule has 2 amide bonds. The molecule has 3 aromatic carbocycles. The van der Waals surface area contributed by atoms with Crippen molar-refractivity contribution < 1.29 is 9.59 Å². The molecule has 4 nitrogen and oxygen atoms in total.